The summed E-state index contributed by atoms with van der Waals surface area (Å²) >= 11 is 1.33. The number of hydrogen-bond donors (Lipinski definition) is 1. The van der Waals surface area contributed by atoms with Crippen LogP contribution in [0.25, 0.3) is 6.08 Å². The lowest BCUT2D eigenvalue weighted by Crippen LogP contribution is -2.30. The Kier molecular flexibility index (Phi) is 5.66. The Morgan fingerprint density at radius 1 is 1.31 bits per heavy atom. The Labute approximate surface area is 157 Å². The molecule has 0 unspecified atom stereocenters. The van der Waals surface area contributed by atoms with Crippen LogP contribution in [0.3, 0.4) is 0 Å². The maximum Gasteiger partial charge on any atom is 0.286 e. The average Bonchev–Trinajstić information content (AvgIpc) is 3.28. The second-order valence-corrected chi connectivity index (χ2v) is 7.26. The molecule has 0 aromatic heterocycles. The molecule has 1 saturated heterocycles. The summed E-state index contributed by atoms with van der Waals surface area (Å²) in [5.41, 5.74) is 0.950. The van der Waals surface area contributed by atoms with E-state index >= 15 is 0 Å². The van der Waals surface area contributed by atoms with E-state index in [0.717, 1.165) is 31.1 Å². The van der Waals surface area contributed by atoms with Crippen molar-refractivity contribution in [1.29, 1.82) is 0 Å². The highest BCUT2D eigenvalue weighted by Crippen LogP contribution is 2.33. The first-order valence-electron chi connectivity index (χ1n) is 8.93. The van der Waals surface area contributed by atoms with E-state index in [9.17, 15) is 14.7 Å². The van der Waals surface area contributed by atoms with Crippen LogP contribution in [-0.4, -0.2) is 58.1 Å². The van der Waals surface area contributed by atoms with Gasteiger partial charge in [0.05, 0.1) is 4.91 Å². The van der Waals surface area contributed by atoms with Gasteiger partial charge >= 0.3 is 0 Å². The number of aliphatic imine (C=N–C) groups is 1. The molecule has 0 radical (unpaired) electrons. The first kappa shape index (κ1) is 18.5. The Bertz CT molecular complexity index is 778. The largest absolute Gasteiger partial charge is 0.507 e. The van der Waals surface area contributed by atoms with Crippen LogP contribution in [0.2, 0.25) is 0 Å². The Morgan fingerprint density at radius 3 is 2.65 bits per heavy atom. The third-order valence-corrected chi connectivity index (χ3v) is 5.64. The molecule has 0 spiro atoms. The van der Waals surface area contributed by atoms with Crippen molar-refractivity contribution in [1.82, 2.24) is 9.80 Å². The molecule has 1 aromatic rings. The summed E-state index contributed by atoms with van der Waals surface area (Å²) in [5.74, 6) is -0.345. The van der Waals surface area contributed by atoms with Crippen molar-refractivity contribution in [2.75, 3.05) is 26.2 Å². The molecule has 2 amide bonds. The third kappa shape index (κ3) is 3.77. The Morgan fingerprint density at radius 2 is 2.00 bits per heavy atom. The second-order valence-electron chi connectivity index (χ2n) is 6.26. The lowest BCUT2D eigenvalue weighted by molar-refractivity contribution is -0.113. The van der Waals surface area contributed by atoms with Gasteiger partial charge in [-0.05, 0) is 62.7 Å². The fourth-order valence-electron chi connectivity index (χ4n) is 3.08. The number of aromatic hydroxyl groups is 1. The Hall–Kier alpha value is -2.28. The first-order chi connectivity index (χ1) is 12.5. The number of benzene rings is 1. The molecule has 6 nitrogen and oxygen atoms in total. The van der Waals surface area contributed by atoms with E-state index < -0.39 is 0 Å². The van der Waals surface area contributed by atoms with Crippen molar-refractivity contribution in [3.63, 3.8) is 0 Å². The number of thioether (sulfide) groups is 1. The van der Waals surface area contributed by atoms with Gasteiger partial charge in [-0.25, -0.2) is 0 Å². The van der Waals surface area contributed by atoms with Gasteiger partial charge in [0, 0.05) is 37.3 Å². The molecule has 1 fully saturated rings. The molecule has 0 bridgehead atoms. The summed E-state index contributed by atoms with van der Waals surface area (Å²) < 4.78 is 0. The number of carbonyl (C=O) groups excluding carboxylic acids is 2. The highest BCUT2D eigenvalue weighted by molar-refractivity contribution is 8.18. The maximum atomic E-state index is 12.5. The van der Waals surface area contributed by atoms with E-state index in [0.29, 0.717) is 29.1 Å². The molecule has 1 aromatic carbocycles. The number of amidine groups is 1. The Balaban J connectivity index is 1.83. The van der Waals surface area contributed by atoms with Crippen LogP contribution < -0.4 is 0 Å². The van der Waals surface area contributed by atoms with Gasteiger partial charge in [0.15, 0.2) is 5.17 Å². The van der Waals surface area contributed by atoms with Gasteiger partial charge in [-0.3, -0.25) is 9.59 Å². The lowest BCUT2D eigenvalue weighted by atomic mass is 10.1. The summed E-state index contributed by atoms with van der Waals surface area (Å²) in [6.45, 7) is 6.94. The average molecular weight is 373 g/mol. The van der Waals surface area contributed by atoms with Crippen LogP contribution in [0, 0.1) is 0 Å². The standard InChI is InChI=1S/C19H23N3O3S/c1-3-21(4-2)18(25)13-7-8-15(23)14(11-13)12-16-17(24)20-19(26-16)22-9-5-6-10-22/h7-8,11-12,23H,3-6,9-10H2,1-2H3/b16-12-. The van der Waals surface area contributed by atoms with Crippen molar-refractivity contribution >= 4 is 34.8 Å². The fourth-order valence-corrected chi connectivity index (χ4v) is 4.04. The van der Waals surface area contributed by atoms with Crippen molar-refractivity contribution in [2.45, 2.75) is 26.7 Å². The van der Waals surface area contributed by atoms with Crippen molar-refractivity contribution in [2.24, 2.45) is 4.99 Å². The summed E-state index contributed by atoms with van der Waals surface area (Å²) in [7, 11) is 0. The van der Waals surface area contributed by atoms with Crippen molar-refractivity contribution < 1.29 is 14.7 Å². The van der Waals surface area contributed by atoms with Gasteiger partial charge in [-0.2, -0.15) is 4.99 Å². The SMILES string of the molecule is CCN(CC)C(=O)c1ccc(O)c(/C=C2\SC(N3CCCC3)=NC2=O)c1. The summed E-state index contributed by atoms with van der Waals surface area (Å²) in [4.78, 5) is 33.2. The minimum Gasteiger partial charge on any atom is -0.507 e. The zero-order chi connectivity index (χ0) is 18.7. The topological polar surface area (TPSA) is 73.2 Å². The molecule has 3 rings (SSSR count). The summed E-state index contributed by atoms with van der Waals surface area (Å²) in [5, 5.41) is 10.9. The van der Waals surface area contributed by atoms with Crippen LogP contribution in [0.4, 0.5) is 0 Å². The van der Waals surface area contributed by atoms with Crippen LogP contribution >= 0.6 is 11.8 Å². The van der Waals surface area contributed by atoms with Gasteiger partial charge in [0.1, 0.15) is 5.75 Å². The van der Waals surface area contributed by atoms with Crippen LogP contribution in [0.15, 0.2) is 28.1 Å². The minimum atomic E-state index is -0.295. The van der Waals surface area contributed by atoms with Crippen LogP contribution in [0.1, 0.15) is 42.6 Å². The fraction of sp³-hybridized carbons (Fsp3) is 0.421. The monoisotopic (exact) mass is 373 g/mol. The molecule has 2 aliphatic heterocycles. The molecule has 2 heterocycles. The molecule has 1 N–H and O–H groups in total. The normalized spacial score (nSPS) is 18.5. The van der Waals surface area contributed by atoms with Gasteiger partial charge in [0.2, 0.25) is 0 Å². The molecule has 0 atom stereocenters. The van der Waals surface area contributed by atoms with Gasteiger partial charge in [-0.1, -0.05) is 0 Å². The number of phenolic OH excluding ortho intramolecular Hbond substituents is 1. The number of carbonyl (C=O) groups is 2. The van der Waals surface area contributed by atoms with E-state index in [2.05, 4.69) is 9.89 Å². The molecular formula is C19H23N3O3S. The summed E-state index contributed by atoms with van der Waals surface area (Å²) in [6.07, 6.45) is 3.85. The second kappa shape index (κ2) is 7.95. The molecule has 138 valence electrons. The highest BCUT2D eigenvalue weighted by atomic mass is 32.2. The number of rotatable bonds is 4. The summed E-state index contributed by atoms with van der Waals surface area (Å²) in [6, 6.07) is 4.73. The third-order valence-electron chi connectivity index (χ3n) is 4.60. The number of amides is 2. The van der Waals surface area contributed by atoms with Gasteiger partial charge < -0.3 is 14.9 Å². The zero-order valence-corrected chi connectivity index (χ0v) is 15.9. The van der Waals surface area contributed by atoms with Crippen LogP contribution in [-0.2, 0) is 4.79 Å². The van der Waals surface area contributed by atoms with E-state index in [-0.39, 0.29) is 17.6 Å². The quantitative estimate of drug-likeness (QED) is 0.822. The van der Waals surface area contributed by atoms with E-state index in [1.54, 1.807) is 23.1 Å². The van der Waals surface area contributed by atoms with Crippen molar-refractivity contribution in [3.8, 4) is 5.75 Å². The number of likely N-dealkylation sites (tertiary alicyclic amines) is 1. The predicted molar refractivity (Wildman–Crippen MR) is 104 cm³/mol. The van der Waals surface area contributed by atoms with Gasteiger partial charge in [0.25, 0.3) is 11.8 Å². The lowest BCUT2D eigenvalue weighted by Gasteiger charge is -2.19. The van der Waals surface area contributed by atoms with Crippen molar-refractivity contribution in [3.05, 3.63) is 34.2 Å². The smallest absolute Gasteiger partial charge is 0.286 e. The van der Waals surface area contributed by atoms with Gasteiger partial charge in [-0.15, -0.1) is 0 Å². The molecule has 0 aliphatic carbocycles. The van der Waals surface area contributed by atoms with E-state index in [4.69, 9.17) is 0 Å². The van der Waals surface area contributed by atoms with E-state index in [1.165, 1.54) is 17.8 Å². The first-order valence-corrected chi connectivity index (χ1v) is 9.75. The molecule has 7 heteroatoms. The van der Waals surface area contributed by atoms with E-state index in [1.807, 2.05) is 13.8 Å². The molecular weight excluding hydrogens is 350 g/mol. The molecule has 2 aliphatic rings. The minimum absolute atomic E-state index is 0.0385. The van der Waals surface area contributed by atoms with Crippen LogP contribution in [0.5, 0.6) is 5.75 Å². The molecule has 0 saturated carbocycles. The highest BCUT2D eigenvalue weighted by Gasteiger charge is 2.28. The predicted octanol–water partition coefficient (Wildman–Crippen LogP) is 2.94. The number of hydrogen-bond acceptors (Lipinski definition) is 5. The maximum absolute atomic E-state index is 12.5. The number of phenols is 1. The molecule has 26 heavy (non-hydrogen) atoms. The zero-order valence-electron chi connectivity index (χ0n) is 15.1. The number of nitrogens with zero attached hydrogens (tertiary/aromatic N) is 3.